The van der Waals surface area contributed by atoms with Crippen molar-refractivity contribution in [2.75, 3.05) is 26.5 Å². The van der Waals surface area contributed by atoms with E-state index in [1.165, 1.54) is 7.11 Å². The van der Waals surface area contributed by atoms with E-state index >= 15 is 0 Å². The first-order valence-electron chi connectivity index (χ1n) is 10.0. The Bertz CT molecular complexity index is 827. The van der Waals surface area contributed by atoms with E-state index < -0.39 is 33.7 Å². The van der Waals surface area contributed by atoms with Crippen molar-refractivity contribution in [2.24, 2.45) is 17.8 Å². The van der Waals surface area contributed by atoms with E-state index in [1.807, 2.05) is 50.3 Å². The summed E-state index contributed by atoms with van der Waals surface area (Å²) < 4.78 is 29.8. The fraction of sp³-hybridized carbons (Fsp3) is 0.524. The van der Waals surface area contributed by atoms with Crippen LogP contribution in [0.5, 0.6) is 0 Å². The minimum atomic E-state index is -3.74. The van der Waals surface area contributed by atoms with Gasteiger partial charge in [0.15, 0.2) is 0 Å². The Labute approximate surface area is 184 Å². The average molecular weight is 456 g/mol. The number of nitrogens with one attached hydrogen (secondary N) is 2. The van der Waals surface area contributed by atoms with E-state index in [1.54, 1.807) is 11.6 Å². The molecule has 1 aromatic carbocycles. The fourth-order valence-electron chi connectivity index (χ4n) is 3.10. The van der Waals surface area contributed by atoms with Crippen molar-refractivity contribution in [1.29, 1.82) is 0 Å². The van der Waals surface area contributed by atoms with E-state index in [9.17, 15) is 23.2 Å². The lowest BCUT2D eigenvalue weighted by Crippen LogP contribution is -2.51. The van der Waals surface area contributed by atoms with E-state index in [0.717, 1.165) is 16.2 Å². The molecule has 0 aliphatic carbocycles. The van der Waals surface area contributed by atoms with Crippen LogP contribution in [0.1, 0.15) is 32.3 Å². The second-order valence-corrected chi connectivity index (χ2v) is 9.58. The summed E-state index contributed by atoms with van der Waals surface area (Å²) >= 11 is 0. The summed E-state index contributed by atoms with van der Waals surface area (Å²) in [4.78, 5) is 25.5. The highest BCUT2D eigenvalue weighted by Crippen LogP contribution is 2.25. The van der Waals surface area contributed by atoms with E-state index in [2.05, 4.69) is 5.43 Å². The normalized spacial score (nSPS) is 14.0. The maximum atomic E-state index is 13.1. The lowest BCUT2D eigenvalue weighted by molar-refractivity contribution is -0.142. The van der Waals surface area contributed by atoms with Crippen molar-refractivity contribution in [3.8, 4) is 0 Å². The molecule has 0 spiro atoms. The molecule has 0 aromatic heterocycles. The van der Waals surface area contributed by atoms with Gasteiger partial charge in [-0.1, -0.05) is 56.3 Å². The minimum Gasteiger partial charge on any atom is -0.383 e. The number of methoxy groups -OCH3 is 1. The summed E-state index contributed by atoms with van der Waals surface area (Å²) in [6.07, 6.45) is 5.06. The largest absolute Gasteiger partial charge is 0.383 e. The van der Waals surface area contributed by atoms with Crippen LogP contribution in [0.3, 0.4) is 0 Å². The van der Waals surface area contributed by atoms with Crippen molar-refractivity contribution in [3.05, 3.63) is 42.0 Å². The molecule has 31 heavy (non-hydrogen) atoms. The van der Waals surface area contributed by atoms with E-state index in [0.29, 0.717) is 6.42 Å². The number of benzene rings is 1. The summed E-state index contributed by atoms with van der Waals surface area (Å²) in [6, 6.07) is 9.45. The number of hydrogen-bond acceptors (Lipinski definition) is 6. The standard InChI is InChI=1S/C21H33N3O6S/c1-16(2)15-19(20(25)22-24(13-14-30-3)31(4,28)29)18(21(26)23-27)12-8-11-17-9-6-5-7-10-17/h5-11,16,18-19,27H,12-15H2,1-4H3,(H,22,25)(H,23,26)/t18-,19+/m0/s1. The summed E-state index contributed by atoms with van der Waals surface area (Å²) in [5.74, 6) is -3.03. The molecule has 0 fully saturated rings. The summed E-state index contributed by atoms with van der Waals surface area (Å²) in [7, 11) is -2.32. The predicted octanol–water partition coefficient (Wildman–Crippen LogP) is 1.81. The van der Waals surface area contributed by atoms with Crippen molar-refractivity contribution in [1.82, 2.24) is 15.3 Å². The zero-order chi connectivity index (χ0) is 23.4. The number of hydrogen-bond donors (Lipinski definition) is 3. The molecular weight excluding hydrogens is 422 g/mol. The Hall–Kier alpha value is -2.27. The van der Waals surface area contributed by atoms with Gasteiger partial charge in [0.25, 0.3) is 0 Å². The van der Waals surface area contributed by atoms with Crippen molar-refractivity contribution < 1.29 is 28.0 Å². The first kappa shape index (κ1) is 26.8. The van der Waals surface area contributed by atoms with Crippen molar-refractivity contribution >= 4 is 27.9 Å². The van der Waals surface area contributed by atoms with Crippen LogP contribution < -0.4 is 10.9 Å². The van der Waals surface area contributed by atoms with E-state index in [4.69, 9.17) is 4.74 Å². The molecule has 0 saturated carbocycles. The maximum Gasteiger partial charge on any atom is 0.247 e. The Morgan fingerprint density at radius 2 is 1.81 bits per heavy atom. The molecular formula is C21H33N3O6S. The Kier molecular flexibility index (Phi) is 11.4. The number of hydrazine groups is 1. The average Bonchev–Trinajstić information content (AvgIpc) is 2.72. The molecule has 0 aliphatic rings. The van der Waals surface area contributed by atoms with Gasteiger partial charge in [-0.2, -0.15) is 0 Å². The number of ether oxygens (including phenoxy) is 1. The van der Waals surface area contributed by atoms with Crippen LogP contribution in [-0.2, 0) is 24.3 Å². The second kappa shape index (κ2) is 13.2. The van der Waals surface area contributed by atoms with Crippen LogP contribution in [0.4, 0.5) is 0 Å². The molecule has 0 radical (unpaired) electrons. The van der Waals surface area contributed by atoms with Crippen LogP contribution in [0.2, 0.25) is 0 Å². The number of carbonyl (C=O) groups is 2. The number of nitrogens with zero attached hydrogens (tertiary/aromatic N) is 1. The lowest BCUT2D eigenvalue weighted by Gasteiger charge is -2.28. The van der Waals surface area contributed by atoms with Crippen LogP contribution in [0.25, 0.3) is 6.08 Å². The summed E-state index contributed by atoms with van der Waals surface area (Å²) in [6.45, 7) is 3.81. The minimum absolute atomic E-state index is 0.0495. The van der Waals surface area contributed by atoms with Gasteiger partial charge in [-0.3, -0.25) is 20.2 Å². The Morgan fingerprint density at radius 3 is 2.32 bits per heavy atom. The molecule has 1 aromatic rings. The van der Waals surface area contributed by atoms with Gasteiger partial charge < -0.3 is 4.74 Å². The highest BCUT2D eigenvalue weighted by Gasteiger charge is 2.35. The molecule has 2 amide bonds. The Morgan fingerprint density at radius 1 is 1.16 bits per heavy atom. The van der Waals surface area contributed by atoms with Crippen molar-refractivity contribution in [2.45, 2.75) is 26.7 Å². The third-order valence-corrected chi connectivity index (χ3v) is 5.70. The molecule has 0 bridgehead atoms. The molecule has 9 nitrogen and oxygen atoms in total. The number of allylic oxidation sites excluding steroid dienone is 1. The van der Waals surface area contributed by atoms with E-state index in [-0.39, 0.29) is 25.5 Å². The smallest absolute Gasteiger partial charge is 0.247 e. The number of rotatable bonds is 13. The van der Waals surface area contributed by atoms with Crippen LogP contribution in [-0.4, -0.2) is 56.4 Å². The SMILES string of the molecule is COCCN(NC(=O)[C@H](CC(C)C)[C@H](CC=Cc1ccccc1)C(=O)NO)S(C)(=O)=O. The van der Waals surface area contributed by atoms with Gasteiger partial charge in [-0.05, 0) is 24.3 Å². The number of hydroxylamine groups is 1. The van der Waals surface area contributed by atoms with Gasteiger partial charge in [0.05, 0.1) is 31.2 Å². The molecule has 0 aliphatic heterocycles. The molecule has 3 N–H and O–H groups in total. The molecule has 2 atom stereocenters. The monoisotopic (exact) mass is 455 g/mol. The maximum absolute atomic E-state index is 13.1. The molecule has 1 rings (SSSR count). The summed E-state index contributed by atoms with van der Waals surface area (Å²) in [5.41, 5.74) is 4.97. The molecule has 0 heterocycles. The first-order chi connectivity index (χ1) is 14.6. The van der Waals surface area contributed by atoms with Gasteiger partial charge in [0, 0.05) is 7.11 Å². The quantitative estimate of drug-likeness (QED) is 0.308. The molecule has 0 unspecified atom stereocenters. The van der Waals surface area contributed by atoms with Crippen LogP contribution in [0, 0.1) is 17.8 Å². The van der Waals surface area contributed by atoms with Crippen LogP contribution in [0.15, 0.2) is 36.4 Å². The van der Waals surface area contributed by atoms with Gasteiger partial charge >= 0.3 is 0 Å². The fourth-order valence-corrected chi connectivity index (χ4v) is 3.76. The number of amides is 2. The topological polar surface area (TPSA) is 125 Å². The van der Waals surface area contributed by atoms with Gasteiger partial charge in [-0.15, -0.1) is 4.41 Å². The third kappa shape index (κ3) is 9.60. The predicted molar refractivity (Wildman–Crippen MR) is 118 cm³/mol. The zero-order valence-electron chi connectivity index (χ0n) is 18.4. The van der Waals surface area contributed by atoms with Gasteiger partial charge in [-0.25, -0.2) is 13.9 Å². The molecule has 0 saturated heterocycles. The lowest BCUT2D eigenvalue weighted by atomic mass is 9.82. The Balaban J connectivity index is 3.11. The third-order valence-electron chi connectivity index (χ3n) is 4.63. The number of carbonyl (C=O) groups excluding carboxylic acids is 2. The van der Waals surface area contributed by atoms with Crippen molar-refractivity contribution in [3.63, 3.8) is 0 Å². The second-order valence-electron chi connectivity index (χ2n) is 7.67. The molecule has 174 valence electrons. The van der Waals surface area contributed by atoms with Gasteiger partial charge in [0.1, 0.15) is 0 Å². The highest BCUT2D eigenvalue weighted by molar-refractivity contribution is 7.88. The zero-order valence-corrected chi connectivity index (χ0v) is 19.3. The molecule has 10 heteroatoms. The summed E-state index contributed by atoms with van der Waals surface area (Å²) in [5, 5.41) is 9.24. The van der Waals surface area contributed by atoms with Gasteiger partial charge in [0.2, 0.25) is 21.8 Å². The first-order valence-corrected chi connectivity index (χ1v) is 11.9. The highest BCUT2D eigenvalue weighted by atomic mass is 32.2. The number of sulfonamides is 1. The van der Waals surface area contributed by atoms with Crippen LogP contribution >= 0.6 is 0 Å².